The molecule has 13 heavy (non-hydrogen) atoms. The van der Waals surface area contributed by atoms with Crippen molar-refractivity contribution >= 4 is 5.78 Å². The molecule has 0 aliphatic carbocycles. The quantitative estimate of drug-likeness (QED) is 0.646. The van der Waals surface area contributed by atoms with E-state index in [4.69, 9.17) is 0 Å². The van der Waals surface area contributed by atoms with Crippen LogP contribution >= 0.6 is 0 Å². The van der Waals surface area contributed by atoms with Crippen LogP contribution in [-0.2, 0) is 4.79 Å². The smallest absolute Gasteiger partial charge is 0.155 e. The van der Waals surface area contributed by atoms with Gasteiger partial charge in [0, 0.05) is 13.0 Å². The number of carbonyl (C=O) groups excluding carboxylic acids is 1. The lowest BCUT2D eigenvalue weighted by Gasteiger charge is -2.17. The van der Waals surface area contributed by atoms with E-state index in [1.54, 1.807) is 0 Å². The van der Waals surface area contributed by atoms with Gasteiger partial charge in [0.15, 0.2) is 5.78 Å². The molecular weight excluding hydrogens is 162 g/mol. The average Bonchev–Trinajstić information content (AvgIpc) is 2.48. The Balaban J connectivity index is 2.30. The zero-order chi connectivity index (χ0) is 9.26. The largest absolute Gasteiger partial charge is 0.297 e. The van der Waals surface area contributed by atoms with E-state index in [0.717, 1.165) is 12.1 Å². The number of hydrogen-bond acceptors (Lipinski definition) is 2. The summed E-state index contributed by atoms with van der Waals surface area (Å²) in [6.45, 7) is 0.887. The number of likely N-dealkylation sites (N-methyl/N-ethyl adjacent to an activating group) is 1. The first-order chi connectivity index (χ1) is 6.29. The summed E-state index contributed by atoms with van der Waals surface area (Å²) in [6, 6.07) is 9.97. The first-order valence-electron chi connectivity index (χ1n) is 4.57. The van der Waals surface area contributed by atoms with Gasteiger partial charge in [-0.05, 0) is 12.6 Å². The molecule has 1 aliphatic rings. The average molecular weight is 175 g/mol. The monoisotopic (exact) mass is 175 g/mol. The van der Waals surface area contributed by atoms with Gasteiger partial charge >= 0.3 is 0 Å². The summed E-state index contributed by atoms with van der Waals surface area (Å²) < 4.78 is 0. The van der Waals surface area contributed by atoms with Gasteiger partial charge in [0.25, 0.3) is 0 Å². The molecule has 1 saturated heterocycles. The van der Waals surface area contributed by atoms with Gasteiger partial charge in [0.1, 0.15) is 0 Å². The number of ketones is 1. The molecule has 0 N–H and O–H groups in total. The first-order valence-corrected chi connectivity index (χ1v) is 4.57. The van der Waals surface area contributed by atoms with Crippen molar-refractivity contribution in [2.75, 3.05) is 13.6 Å². The Morgan fingerprint density at radius 3 is 2.54 bits per heavy atom. The number of rotatable bonds is 1. The summed E-state index contributed by atoms with van der Waals surface area (Å²) >= 11 is 0. The summed E-state index contributed by atoms with van der Waals surface area (Å²) in [5, 5.41) is 0. The Hall–Kier alpha value is -1.15. The molecule has 68 valence electrons. The van der Waals surface area contributed by atoms with E-state index in [-0.39, 0.29) is 6.04 Å². The van der Waals surface area contributed by atoms with E-state index >= 15 is 0 Å². The summed E-state index contributed by atoms with van der Waals surface area (Å²) in [6.07, 6.45) is 0.691. The van der Waals surface area contributed by atoms with Gasteiger partial charge in [-0.2, -0.15) is 0 Å². The second-order valence-corrected chi connectivity index (χ2v) is 3.51. The third-order valence-corrected chi connectivity index (χ3v) is 2.57. The maximum absolute atomic E-state index is 11.5. The third-order valence-electron chi connectivity index (χ3n) is 2.57. The molecule has 1 aromatic carbocycles. The molecule has 0 spiro atoms. The van der Waals surface area contributed by atoms with Crippen molar-refractivity contribution < 1.29 is 4.79 Å². The molecule has 2 heteroatoms. The van der Waals surface area contributed by atoms with E-state index < -0.39 is 0 Å². The maximum Gasteiger partial charge on any atom is 0.155 e. The molecule has 1 heterocycles. The second kappa shape index (κ2) is 3.30. The lowest BCUT2D eigenvalue weighted by atomic mass is 10.0. The number of likely N-dealkylation sites (tertiary alicyclic amines) is 1. The molecule has 1 fully saturated rings. The lowest BCUT2D eigenvalue weighted by Crippen LogP contribution is -2.20. The molecule has 2 rings (SSSR count). The Labute approximate surface area is 78.2 Å². The predicted octanol–water partition coefficient (Wildman–Crippen LogP) is 1.63. The Morgan fingerprint density at radius 1 is 1.31 bits per heavy atom. The number of hydrogen-bond donors (Lipinski definition) is 0. The lowest BCUT2D eigenvalue weighted by molar-refractivity contribution is -0.119. The normalized spacial score (nSPS) is 23.8. The van der Waals surface area contributed by atoms with E-state index in [1.165, 1.54) is 0 Å². The van der Waals surface area contributed by atoms with Crippen molar-refractivity contribution in [3.8, 4) is 0 Å². The minimum atomic E-state index is 0.00111. The van der Waals surface area contributed by atoms with Gasteiger partial charge in [-0.3, -0.25) is 9.69 Å². The van der Waals surface area contributed by atoms with Crippen molar-refractivity contribution in [2.45, 2.75) is 12.5 Å². The van der Waals surface area contributed by atoms with Crippen molar-refractivity contribution in [3.63, 3.8) is 0 Å². The topological polar surface area (TPSA) is 20.3 Å². The summed E-state index contributed by atoms with van der Waals surface area (Å²) in [5.74, 6) is 0.341. The van der Waals surface area contributed by atoms with Crippen molar-refractivity contribution in [2.24, 2.45) is 0 Å². The van der Waals surface area contributed by atoms with Gasteiger partial charge < -0.3 is 0 Å². The highest BCUT2D eigenvalue weighted by molar-refractivity contribution is 5.87. The van der Waals surface area contributed by atoms with Crippen molar-refractivity contribution in [1.29, 1.82) is 0 Å². The highest BCUT2D eigenvalue weighted by Crippen LogP contribution is 2.26. The fraction of sp³-hybridized carbons (Fsp3) is 0.364. The summed E-state index contributed by atoms with van der Waals surface area (Å²) in [4.78, 5) is 13.7. The number of Topliss-reactive ketones (excluding diaryl/α,β-unsaturated/α-hetero) is 1. The van der Waals surface area contributed by atoms with Crippen LogP contribution in [0.25, 0.3) is 0 Å². The van der Waals surface area contributed by atoms with Gasteiger partial charge in [0.2, 0.25) is 0 Å². The Morgan fingerprint density at radius 2 is 2.00 bits per heavy atom. The molecular formula is C11H13NO. The Bertz CT molecular complexity index is 307. The van der Waals surface area contributed by atoms with E-state index in [9.17, 15) is 4.79 Å². The fourth-order valence-corrected chi connectivity index (χ4v) is 1.87. The number of benzene rings is 1. The summed E-state index contributed by atoms with van der Waals surface area (Å²) in [7, 11) is 2.00. The van der Waals surface area contributed by atoms with Crippen LogP contribution in [0, 0.1) is 0 Å². The standard InChI is InChI=1S/C11H13NO/c1-12-8-7-10(13)11(12)9-5-3-2-4-6-9/h2-6,11H,7-8H2,1H3/t11-/m0/s1. The molecule has 1 aromatic rings. The molecule has 0 bridgehead atoms. The zero-order valence-corrected chi connectivity index (χ0v) is 7.73. The SMILES string of the molecule is CN1CCC(=O)[C@@H]1c1ccccc1. The van der Waals surface area contributed by atoms with Crippen LogP contribution in [0.15, 0.2) is 30.3 Å². The van der Waals surface area contributed by atoms with Crippen LogP contribution in [0.2, 0.25) is 0 Å². The first kappa shape index (κ1) is 8.45. The van der Waals surface area contributed by atoms with E-state index in [2.05, 4.69) is 4.90 Å². The van der Waals surface area contributed by atoms with Crippen molar-refractivity contribution in [3.05, 3.63) is 35.9 Å². The number of carbonyl (C=O) groups is 1. The van der Waals surface area contributed by atoms with Gasteiger partial charge in [-0.25, -0.2) is 0 Å². The summed E-state index contributed by atoms with van der Waals surface area (Å²) in [5.41, 5.74) is 1.12. The van der Waals surface area contributed by atoms with Crippen LogP contribution in [0.1, 0.15) is 18.0 Å². The van der Waals surface area contributed by atoms with Gasteiger partial charge in [-0.15, -0.1) is 0 Å². The number of nitrogens with zero attached hydrogens (tertiary/aromatic N) is 1. The molecule has 0 aromatic heterocycles. The van der Waals surface area contributed by atoms with E-state index in [1.807, 2.05) is 37.4 Å². The predicted molar refractivity (Wildman–Crippen MR) is 51.4 cm³/mol. The molecule has 2 nitrogen and oxygen atoms in total. The molecule has 1 aliphatic heterocycles. The Kier molecular flexibility index (Phi) is 2.15. The van der Waals surface area contributed by atoms with Crippen LogP contribution in [0.5, 0.6) is 0 Å². The van der Waals surface area contributed by atoms with Crippen molar-refractivity contribution in [1.82, 2.24) is 4.90 Å². The van der Waals surface area contributed by atoms with E-state index in [0.29, 0.717) is 12.2 Å². The molecule has 0 unspecified atom stereocenters. The molecule has 0 radical (unpaired) electrons. The van der Waals surface area contributed by atoms with Gasteiger partial charge in [0.05, 0.1) is 6.04 Å². The minimum absolute atomic E-state index is 0.00111. The maximum atomic E-state index is 11.5. The van der Waals surface area contributed by atoms with Crippen LogP contribution < -0.4 is 0 Å². The molecule has 0 amide bonds. The second-order valence-electron chi connectivity index (χ2n) is 3.51. The highest BCUT2D eigenvalue weighted by Gasteiger charge is 2.30. The van der Waals surface area contributed by atoms with Crippen LogP contribution in [0.3, 0.4) is 0 Å². The minimum Gasteiger partial charge on any atom is -0.297 e. The van der Waals surface area contributed by atoms with Crippen LogP contribution in [-0.4, -0.2) is 24.3 Å². The molecule has 0 saturated carbocycles. The third kappa shape index (κ3) is 1.49. The fourth-order valence-electron chi connectivity index (χ4n) is 1.87. The van der Waals surface area contributed by atoms with Crippen LogP contribution in [0.4, 0.5) is 0 Å². The molecule has 1 atom stereocenters. The zero-order valence-electron chi connectivity index (χ0n) is 7.73. The highest BCUT2D eigenvalue weighted by atomic mass is 16.1. The van der Waals surface area contributed by atoms with Gasteiger partial charge in [-0.1, -0.05) is 30.3 Å².